The largest absolute Gasteiger partial charge is 0.493 e. The molecule has 2 aromatic carbocycles. The lowest BCUT2D eigenvalue weighted by atomic mass is 10.1. The number of aromatic nitrogens is 1. The highest BCUT2D eigenvalue weighted by molar-refractivity contribution is 6.09. The number of benzene rings is 2. The van der Waals surface area contributed by atoms with Gasteiger partial charge in [0.15, 0.2) is 11.5 Å². The summed E-state index contributed by atoms with van der Waals surface area (Å²) in [6, 6.07) is 11.8. The number of amides is 1. The number of hydrogen-bond donors (Lipinski definition) is 2. The van der Waals surface area contributed by atoms with Gasteiger partial charge in [-0.1, -0.05) is 18.2 Å². The molecule has 1 amide bonds. The summed E-state index contributed by atoms with van der Waals surface area (Å²) < 4.78 is 17.2. The van der Waals surface area contributed by atoms with Crippen molar-refractivity contribution in [3.63, 3.8) is 0 Å². The van der Waals surface area contributed by atoms with E-state index >= 15 is 0 Å². The molecule has 0 saturated carbocycles. The van der Waals surface area contributed by atoms with E-state index in [9.17, 15) is 9.59 Å². The summed E-state index contributed by atoms with van der Waals surface area (Å²) in [5.74, 6) is 5.31. The molecule has 3 N–H and O–H groups in total. The number of ether oxygens (including phenoxy) is 3. The first-order valence-corrected chi connectivity index (χ1v) is 8.01. The first-order valence-electron chi connectivity index (χ1n) is 8.01. The summed E-state index contributed by atoms with van der Waals surface area (Å²) >= 11 is 0. The Morgan fingerprint density at radius 2 is 1.59 bits per heavy atom. The van der Waals surface area contributed by atoms with Crippen LogP contribution in [-0.2, 0) is 0 Å². The Labute approximate surface area is 155 Å². The van der Waals surface area contributed by atoms with E-state index in [0.29, 0.717) is 22.8 Å². The lowest BCUT2D eigenvalue weighted by Crippen LogP contribution is -2.33. The van der Waals surface area contributed by atoms with Crippen LogP contribution in [0.1, 0.15) is 20.8 Å². The number of nitrogen functional groups attached to an aromatic ring is 1. The minimum absolute atomic E-state index is 0.123. The summed E-state index contributed by atoms with van der Waals surface area (Å²) in [4.78, 5) is 25.5. The van der Waals surface area contributed by atoms with E-state index in [0.717, 1.165) is 5.39 Å². The number of rotatable bonds is 5. The zero-order valence-electron chi connectivity index (χ0n) is 15.1. The number of nitrogens with one attached hydrogen (secondary N) is 1. The van der Waals surface area contributed by atoms with Crippen LogP contribution in [0.15, 0.2) is 42.5 Å². The number of para-hydroxylation sites is 1. The van der Waals surface area contributed by atoms with Gasteiger partial charge in [0.1, 0.15) is 5.69 Å². The SMILES string of the molecule is COc1cc(C(=O)n2c(C(=O)NN)cc3ccccc32)cc(OC)c1OC. The molecule has 0 fully saturated rings. The Kier molecular flexibility index (Phi) is 5.00. The van der Waals surface area contributed by atoms with Crippen molar-refractivity contribution in [3.8, 4) is 17.2 Å². The minimum atomic E-state index is -0.577. The van der Waals surface area contributed by atoms with Crippen molar-refractivity contribution in [3.05, 3.63) is 53.7 Å². The average Bonchev–Trinajstić information content (AvgIpc) is 3.10. The minimum Gasteiger partial charge on any atom is -0.493 e. The number of hydrazine groups is 1. The predicted octanol–water partition coefficient (Wildman–Crippen LogP) is 1.96. The van der Waals surface area contributed by atoms with E-state index in [4.69, 9.17) is 20.1 Å². The third kappa shape index (κ3) is 3.06. The summed E-state index contributed by atoms with van der Waals surface area (Å²) in [5, 5.41) is 0.733. The van der Waals surface area contributed by atoms with E-state index in [1.165, 1.54) is 38.0 Å². The third-order valence-electron chi connectivity index (χ3n) is 4.19. The molecule has 140 valence electrons. The van der Waals surface area contributed by atoms with Gasteiger partial charge in [-0.2, -0.15) is 0 Å². The molecule has 0 spiro atoms. The van der Waals surface area contributed by atoms with Gasteiger partial charge in [0.2, 0.25) is 5.75 Å². The van der Waals surface area contributed by atoms with Crippen LogP contribution in [0.5, 0.6) is 17.2 Å². The maximum absolute atomic E-state index is 13.3. The Hall–Kier alpha value is -3.52. The van der Waals surface area contributed by atoms with E-state index in [2.05, 4.69) is 5.43 Å². The number of nitrogens with zero attached hydrogens (tertiary/aromatic N) is 1. The molecular formula is C19H19N3O5. The second-order valence-corrected chi connectivity index (χ2v) is 5.62. The summed E-state index contributed by atoms with van der Waals surface area (Å²) in [6.45, 7) is 0. The zero-order chi connectivity index (χ0) is 19.6. The van der Waals surface area contributed by atoms with Gasteiger partial charge in [-0.25, -0.2) is 5.84 Å². The fourth-order valence-electron chi connectivity index (χ4n) is 2.95. The molecule has 0 aliphatic carbocycles. The van der Waals surface area contributed by atoms with Gasteiger partial charge in [-0.15, -0.1) is 0 Å². The number of fused-ring (bicyclic) bond motifs is 1. The molecular weight excluding hydrogens is 350 g/mol. The highest BCUT2D eigenvalue weighted by atomic mass is 16.5. The van der Waals surface area contributed by atoms with Crippen molar-refractivity contribution >= 4 is 22.7 Å². The first-order chi connectivity index (χ1) is 13.0. The lowest BCUT2D eigenvalue weighted by molar-refractivity contribution is 0.0904. The molecule has 0 radical (unpaired) electrons. The maximum Gasteiger partial charge on any atom is 0.282 e. The second kappa shape index (κ2) is 7.38. The highest BCUT2D eigenvalue weighted by Crippen LogP contribution is 2.38. The Morgan fingerprint density at radius 1 is 0.963 bits per heavy atom. The fraction of sp³-hybridized carbons (Fsp3) is 0.158. The Bertz CT molecular complexity index is 1000. The van der Waals surface area contributed by atoms with Gasteiger partial charge in [-0.05, 0) is 24.3 Å². The number of methoxy groups -OCH3 is 3. The number of hydrogen-bond acceptors (Lipinski definition) is 6. The molecule has 0 aliphatic heterocycles. The van der Waals surface area contributed by atoms with Crippen molar-refractivity contribution in [2.24, 2.45) is 5.84 Å². The van der Waals surface area contributed by atoms with Gasteiger partial charge >= 0.3 is 0 Å². The van der Waals surface area contributed by atoms with Crippen molar-refractivity contribution < 1.29 is 23.8 Å². The Morgan fingerprint density at radius 3 is 2.15 bits per heavy atom. The van der Waals surface area contributed by atoms with Crippen LogP contribution in [0.4, 0.5) is 0 Å². The molecule has 8 nitrogen and oxygen atoms in total. The van der Waals surface area contributed by atoms with Crippen LogP contribution in [0, 0.1) is 0 Å². The van der Waals surface area contributed by atoms with Gasteiger partial charge in [-0.3, -0.25) is 19.6 Å². The monoisotopic (exact) mass is 369 g/mol. The first kappa shape index (κ1) is 18.3. The lowest BCUT2D eigenvalue weighted by Gasteiger charge is -2.15. The van der Waals surface area contributed by atoms with Crippen molar-refractivity contribution in [2.45, 2.75) is 0 Å². The predicted molar refractivity (Wildman–Crippen MR) is 99.4 cm³/mol. The fourth-order valence-corrected chi connectivity index (χ4v) is 2.95. The smallest absolute Gasteiger partial charge is 0.282 e. The molecule has 0 aliphatic rings. The van der Waals surface area contributed by atoms with Crippen molar-refractivity contribution in [1.82, 2.24) is 9.99 Å². The molecule has 0 unspecified atom stereocenters. The van der Waals surface area contributed by atoms with Gasteiger partial charge in [0.05, 0.1) is 26.8 Å². The summed E-state index contributed by atoms with van der Waals surface area (Å²) in [5.41, 5.74) is 3.03. The molecule has 1 heterocycles. The maximum atomic E-state index is 13.3. The Balaban J connectivity index is 2.23. The molecule has 3 aromatic rings. The topological polar surface area (TPSA) is 105 Å². The molecule has 8 heteroatoms. The number of nitrogens with two attached hydrogens (primary N) is 1. The summed E-state index contributed by atoms with van der Waals surface area (Å²) in [7, 11) is 4.40. The number of carbonyl (C=O) groups is 2. The van der Waals surface area contributed by atoms with Gasteiger partial charge < -0.3 is 14.2 Å². The van der Waals surface area contributed by atoms with Crippen molar-refractivity contribution in [1.29, 1.82) is 0 Å². The third-order valence-corrected chi connectivity index (χ3v) is 4.19. The molecule has 0 saturated heterocycles. The molecule has 0 bridgehead atoms. The van der Waals surface area contributed by atoms with Crippen LogP contribution in [-0.4, -0.2) is 37.7 Å². The van der Waals surface area contributed by atoms with E-state index in [1.54, 1.807) is 18.2 Å². The van der Waals surface area contributed by atoms with Crippen LogP contribution >= 0.6 is 0 Å². The van der Waals surface area contributed by atoms with Gasteiger partial charge in [0.25, 0.3) is 11.8 Å². The van der Waals surface area contributed by atoms with E-state index < -0.39 is 11.8 Å². The molecule has 1 aromatic heterocycles. The molecule has 27 heavy (non-hydrogen) atoms. The normalized spacial score (nSPS) is 10.5. The highest BCUT2D eigenvalue weighted by Gasteiger charge is 2.23. The van der Waals surface area contributed by atoms with Crippen LogP contribution in [0.3, 0.4) is 0 Å². The van der Waals surface area contributed by atoms with Crippen LogP contribution in [0.2, 0.25) is 0 Å². The van der Waals surface area contributed by atoms with Crippen molar-refractivity contribution in [2.75, 3.05) is 21.3 Å². The van der Waals surface area contributed by atoms with Crippen LogP contribution < -0.4 is 25.5 Å². The quantitative estimate of drug-likeness (QED) is 0.405. The number of carbonyl (C=O) groups excluding carboxylic acids is 2. The van der Waals surface area contributed by atoms with E-state index in [1.807, 2.05) is 12.1 Å². The van der Waals surface area contributed by atoms with Crippen LogP contribution in [0.25, 0.3) is 10.9 Å². The van der Waals surface area contributed by atoms with E-state index in [-0.39, 0.29) is 11.3 Å². The summed E-state index contributed by atoms with van der Waals surface area (Å²) in [6.07, 6.45) is 0. The average molecular weight is 369 g/mol. The molecule has 3 rings (SSSR count). The van der Waals surface area contributed by atoms with Gasteiger partial charge in [0, 0.05) is 10.9 Å². The second-order valence-electron chi connectivity index (χ2n) is 5.62. The standard InChI is InChI=1S/C19H19N3O5/c1-25-15-9-12(10-16(26-2)17(15)27-3)19(24)22-13-7-5-4-6-11(13)8-14(22)18(23)21-20/h4-10H,20H2,1-3H3,(H,21,23). The zero-order valence-corrected chi connectivity index (χ0v) is 15.1. The molecule has 0 atom stereocenters.